The van der Waals surface area contributed by atoms with Gasteiger partial charge in [0.05, 0.1) is 0 Å². The number of aromatic nitrogens is 2. The minimum absolute atomic E-state index is 0.0722. The average Bonchev–Trinajstić information content (AvgIpc) is 2.88. The Hall–Kier alpha value is -2.15. The summed E-state index contributed by atoms with van der Waals surface area (Å²) in [6.45, 7) is 7.90. The van der Waals surface area contributed by atoms with Crippen molar-refractivity contribution < 1.29 is 14.6 Å². The SMILES string of the molecule is CC(C)(C)OC(=O)N1CCN(c2cc3c(O)[nH]cc3c(Cl)n2)CC1. The number of hydrogen-bond acceptors (Lipinski definition) is 5. The molecule has 2 N–H and O–H groups in total. The van der Waals surface area contributed by atoms with E-state index in [1.165, 1.54) is 0 Å². The number of aromatic amines is 1. The van der Waals surface area contributed by atoms with Gasteiger partial charge in [-0.1, -0.05) is 11.6 Å². The van der Waals surface area contributed by atoms with E-state index in [-0.39, 0.29) is 12.0 Å². The van der Waals surface area contributed by atoms with E-state index < -0.39 is 5.60 Å². The van der Waals surface area contributed by atoms with E-state index in [0.29, 0.717) is 47.9 Å². The first-order valence-corrected chi connectivity index (χ1v) is 8.22. The Morgan fingerprint density at radius 3 is 2.58 bits per heavy atom. The number of amides is 1. The van der Waals surface area contributed by atoms with Gasteiger partial charge >= 0.3 is 6.09 Å². The Bertz CT molecular complexity index is 761. The Labute approximate surface area is 145 Å². The van der Waals surface area contributed by atoms with Gasteiger partial charge in [0.15, 0.2) is 5.88 Å². The number of piperazine rings is 1. The summed E-state index contributed by atoms with van der Waals surface area (Å²) in [6, 6.07) is 1.80. The number of nitrogens with zero attached hydrogens (tertiary/aromatic N) is 3. The van der Waals surface area contributed by atoms with Gasteiger partial charge in [-0.25, -0.2) is 9.78 Å². The number of H-pyrrole nitrogens is 1. The quantitative estimate of drug-likeness (QED) is 0.771. The first kappa shape index (κ1) is 16.7. The fourth-order valence-corrected chi connectivity index (χ4v) is 2.91. The predicted molar refractivity (Wildman–Crippen MR) is 92.8 cm³/mol. The molecule has 0 saturated carbocycles. The Balaban J connectivity index is 1.71. The number of fused-ring (bicyclic) bond motifs is 1. The summed E-state index contributed by atoms with van der Waals surface area (Å²) in [6.07, 6.45) is 1.33. The highest BCUT2D eigenvalue weighted by Crippen LogP contribution is 2.32. The molecule has 3 heterocycles. The minimum Gasteiger partial charge on any atom is -0.494 e. The van der Waals surface area contributed by atoms with E-state index in [1.54, 1.807) is 17.2 Å². The minimum atomic E-state index is -0.500. The predicted octanol–water partition coefficient (Wildman–Crippen LogP) is 2.98. The summed E-state index contributed by atoms with van der Waals surface area (Å²) >= 11 is 6.19. The number of pyridine rings is 1. The molecular formula is C16H21ClN4O3. The summed E-state index contributed by atoms with van der Waals surface area (Å²) in [5, 5.41) is 11.5. The number of halogens is 1. The summed E-state index contributed by atoms with van der Waals surface area (Å²) in [4.78, 5) is 23.0. The number of rotatable bonds is 1. The molecule has 0 radical (unpaired) electrons. The van der Waals surface area contributed by atoms with Crippen LogP contribution in [0.4, 0.5) is 10.6 Å². The van der Waals surface area contributed by atoms with Crippen molar-refractivity contribution in [3.63, 3.8) is 0 Å². The zero-order chi connectivity index (χ0) is 17.5. The second kappa shape index (κ2) is 6.05. The molecule has 1 aliphatic heterocycles. The van der Waals surface area contributed by atoms with Gasteiger partial charge in [0, 0.05) is 43.1 Å². The van der Waals surface area contributed by atoms with Crippen molar-refractivity contribution in [2.45, 2.75) is 26.4 Å². The van der Waals surface area contributed by atoms with Crippen molar-refractivity contribution in [3.05, 3.63) is 17.4 Å². The van der Waals surface area contributed by atoms with Crippen molar-refractivity contribution in [1.29, 1.82) is 0 Å². The van der Waals surface area contributed by atoms with Gasteiger partial charge in [-0.15, -0.1) is 0 Å². The van der Waals surface area contributed by atoms with Crippen molar-refractivity contribution in [2.24, 2.45) is 0 Å². The van der Waals surface area contributed by atoms with Crippen LogP contribution in [0.5, 0.6) is 5.88 Å². The Morgan fingerprint density at radius 1 is 1.29 bits per heavy atom. The molecule has 8 heteroatoms. The normalized spacial score (nSPS) is 15.8. The molecule has 0 spiro atoms. The summed E-state index contributed by atoms with van der Waals surface area (Å²) in [5.41, 5.74) is -0.500. The third-order valence-electron chi connectivity index (χ3n) is 3.86. The van der Waals surface area contributed by atoms with Gasteiger partial charge in [0.25, 0.3) is 0 Å². The fraction of sp³-hybridized carbons (Fsp3) is 0.500. The maximum Gasteiger partial charge on any atom is 0.410 e. The van der Waals surface area contributed by atoms with Crippen molar-refractivity contribution in [2.75, 3.05) is 31.1 Å². The fourth-order valence-electron chi connectivity index (χ4n) is 2.67. The van der Waals surface area contributed by atoms with Crippen molar-refractivity contribution in [1.82, 2.24) is 14.9 Å². The molecule has 0 bridgehead atoms. The molecule has 0 aliphatic carbocycles. The number of nitrogens with one attached hydrogen (secondary N) is 1. The second-order valence-corrected chi connectivity index (χ2v) is 7.18. The van der Waals surface area contributed by atoms with Crippen LogP contribution in [0.25, 0.3) is 10.8 Å². The molecule has 1 fully saturated rings. The van der Waals surface area contributed by atoms with Gasteiger partial charge in [0.2, 0.25) is 0 Å². The summed E-state index contributed by atoms with van der Waals surface area (Å²) in [7, 11) is 0. The maximum absolute atomic E-state index is 12.1. The number of anilines is 1. The van der Waals surface area contributed by atoms with Gasteiger partial charge in [-0.3, -0.25) is 0 Å². The van der Waals surface area contributed by atoms with E-state index >= 15 is 0 Å². The molecule has 0 aromatic carbocycles. The molecule has 1 aliphatic rings. The smallest absolute Gasteiger partial charge is 0.410 e. The largest absolute Gasteiger partial charge is 0.494 e. The second-order valence-electron chi connectivity index (χ2n) is 6.82. The number of hydrogen-bond donors (Lipinski definition) is 2. The Kier molecular flexibility index (Phi) is 4.21. The Morgan fingerprint density at radius 2 is 1.96 bits per heavy atom. The van der Waals surface area contributed by atoms with Crippen LogP contribution in [0.2, 0.25) is 5.15 Å². The lowest BCUT2D eigenvalue weighted by atomic mass is 10.2. The number of aromatic hydroxyl groups is 1. The lowest BCUT2D eigenvalue weighted by Gasteiger charge is -2.36. The zero-order valence-electron chi connectivity index (χ0n) is 14.0. The lowest BCUT2D eigenvalue weighted by molar-refractivity contribution is 0.0240. The number of carbonyl (C=O) groups excluding carboxylic acids is 1. The first-order chi connectivity index (χ1) is 11.2. The molecule has 2 aromatic rings. The molecule has 0 atom stereocenters. The number of ether oxygens (including phenoxy) is 1. The third kappa shape index (κ3) is 3.36. The lowest BCUT2D eigenvalue weighted by Crippen LogP contribution is -2.50. The molecule has 1 saturated heterocycles. The molecule has 0 unspecified atom stereocenters. The van der Waals surface area contributed by atoms with Gasteiger partial charge in [-0.2, -0.15) is 0 Å². The van der Waals surface area contributed by atoms with E-state index in [0.717, 1.165) is 0 Å². The maximum atomic E-state index is 12.1. The van der Waals surface area contributed by atoms with Gasteiger partial charge in [-0.05, 0) is 26.8 Å². The van der Waals surface area contributed by atoms with Crippen LogP contribution in [-0.2, 0) is 4.74 Å². The van der Waals surface area contributed by atoms with E-state index in [2.05, 4.69) is 9.97 Å². The zero-order valence-corrected chi connectivity index (χ0v) is 14.7. The van der Waals surface area contributed by atoms with Crippen LogP contribution in [-0.4, -0.2) is 57.8 Å². The number of carbonyl (C=O) groups is 1. The average molecular weight is 353 g/mol. The first-order valence-electron chi connectivity index (χ1n) is 7.84. The highest BCUT2D eigenvalue weighted by atomic mass is 35.5. The van der Waals surface area contributed by atoms with Gasteiger partial charge < -0.3 is 24.6 Å². The van der Waals surface area contributed by atoms with Crippen LogP contribution in [0.1, 0.15) is 20.8 Å². The molecule has 3 rings (SSSR count). The van der Waals surface area contributed by atoms with Crippen LogP contribution in [0, 0.1) is 0 Å². The molecule has 1 amide bonds. The summed E-state index contributed by atoms with van der Waals surface area (Å²) < 4.78 is 5.39. The van der Waals surface area contributed by atoms with Crippen LogP contribution >= 0.6 is 11.6 Å². The molecule has 24 heavy (non-hydrogen) atoms. The van der Waals surface area contributed by atoms with E-state index in [1.807, 2.05) is 25.7 Å². The monoisotopic (exact) mass is 352 g/mol. The van der Waals surface area contributed by atoms with Crippen molar-refractivity contribution >= 4 is 34.3 Å². The third-order valence-corrected chi connectivity index (χ3v) is 4.15. The van der Waals surface area contributed by atoms with E-state index in [9.17, 15) is 9.90 Å². The van der Waals surface area contributed by atoms with Crippen molar-refractivity contribution in [3.8, 4) is 5.88 Å². The standard InChI is InChI=1S/C16H21ClN4O3/c1-16(2,3)24-15(23)21-6-4-20(5-7-21)12-8-10-11(13(17)19-12)9-18-14(10)22/h8-9,18,22H,4-7H2,1-3H3. The summed E-state index contributed by atoms with van der Waals surface area (Å²) in [5.74, 6) is 0.758. The van der Waals surface area contributed by atoms with E-state index in [4.69, 9.17) is 16.3 Å². The van der Waals surface area contributed by atoms with Gasteiger partial charge in [0.1, 0.15) is 16.6 Å². The molecular weight excluding hydrogens is 332 g/mol. The van der Waals surface area contributed by atoms with Crippen LogP contribution in [0.3, 0.4) is 0 Å². The molecule has 7 nitrogen and oxygen atoms in total. The topological polar surface area (TPSA) is 81.7 Å². The molecule has 130 valence electrons. The van der Waals surface area contributed by atoms with Crippen LogP contribution in [0.15, 0.2) is 12.3 Å². The van der Waals surface area contributed by atoms with Crippen LogP contribution < -0.4 is 4.90 Å². The molecule has 2 aromatic heterocycles. The highest BCUT2D eigenvalue weighted by Gasteiger charge is 2.26. The highest BCUT2D eigenvalue weighted by molar-refractivity contribution is 6.34.